The first-order valence-electron chi connectivity index (χ1n) is 8.99. The van der Waals surface area contributed by atoms with Gasteiger partial charge in [-0.05, 0) is 47.9 Å². The first kappa shape index (κ1) is 20.9. The number of amides is 1. The van der Waals surface area contributed by atoms with Gasteiger partial charge in [-0.15, -0.1) is 0 Å². The van der Waals surface area contributed by atoms with E-state index in [1.165, 1.54) is 30.5 Å². The van der Waals surface area contributed by atoms with Gasteiger partial charge in [-0.2, -0.15) is 4.31 Å². The van der Waals surface area contributed by atoms with Gasteiger partial charge in [-0.1, -0.05) is 0 Å². The summed E-state index contributed by atoms with van der Waals surface area (Å²) in [6, 6.07) is 8.24. The second-order valence-corrected chi connectivity index (χ2v) is 8.52. The zero-order chi connectivity index (χ0) is 21.2. The Labute approximate surface area is 170 Å². The Balaban J connectivity index is 1.98. The minimum absolute atomic E-state index is 0.00942. The number of sulfonamides is 1. The number of methoxy groups -OCH3 is 3. The average molecular weight is 420 g/mol. The molecule has 1 aliphatic rings. The largest absolute Gasteiger partial charge is 0.495 e. The van der Waals surface area contributed by atoms with Crippen LogP contribution in [0.4, 0.5) is 5.69 Å². The van der Waals surface area contributed by atoms with Crippen molar-refractivity contribution in [3.05, 3.63) is 41.5 Å². The molecular weight excluding hydrogens is 396 g/mol. The zero-order valence-corrected chi connectivity index (χ0v) is 17.6. The fraction of sp³-hybridized carbons (Fsp3) is 0.350. The van der Waals surface area contributed by atoms with Crippen LogP contribution in [-0.2, 0) is 27.8 Å². The molecule has 2 aromatic rings. The summed E-state index contributed by atoms with van der Waals surface area (Å²) in [5.41, 5.74) is 2.27. The van der Waals surface area contributed by atoms with Gasteiger partial charge < -0.3 is 19.5 Å². The first-order chi connectivity index (χ1) is 13.8. The summed E-state index contributed by atoms with van der Waals surface area (Å²) in [4.78, 5) is 11.4. The molecule has 0 fully saturated rings. The van der Waals surface area contributed by atoms with E-state index < -0.39 is 10.0 Å². The summed E-state index contributed by atoms with van der Waals surface area (Å²) in [5, 5.41) is 2.61. The fourth-order valence-corrected chi connectivity index (χ4v) is 4.96. The Morgan fingerprint density at radius 3 is 2.17 bits per heavy atom. The second-order valence-electron chi connectivity index (χ2n) is 6.61. The molecular formula is C20H24N2O6S. The van der Waals surface area contributed by atoms with E-state index in [0.29, 0.717) is 30.2 Å². The Bertz CT molecular complexity index is 1040. The van der Waals surface area contributed by atoms with Gasteiger partial charge >= 0.3 is 0 Å². The van der Waals surface area contributed by atoms with Gasteiger partial charge in [0.15, 0.2) is 11.5 Å². The normalized spacial score (nSPS) is 14.1. The third-order valence-electron chi connectivity index (χ3n) is 4.78. The fourth-order valence-electron chi connectivity index (χ4n) is 3.36. The van der Waals surface area contributed by atoms with E-state index in [1.54, 1.807) is 26.4 Å². The van der Waals surface area contributed by atoms with Crippen LogP contribution in [0.15, 0.2) is 35.2 Å². The lowest BCUT2D eigenvalue weighted by molar-refractivity contribution is -0.114. The number of benzene rings is 2. The highest BCUT2D eigenvalue weighted by Crippen LogP contribution is 2.36. The summed E-state index contributed by atoms with van der Waals surface area (Å²) in [6.45, 7) is 1.88. The van der Waals surface area contributed by atoms with Gasteiger partial charge in [0, 0.05) is 25.7 Å². The maximum absolute atomic E-state index is 13.4. The van der Waals surface area contributed by atoms with Crippen molar-refractivity contribution in [2.75, 3.05) is 33.2 Å². The molecule has 8 nitrogen and oxygen atoms in total. The molecule has 0 aliphatic carbocycles. The molecule has 0 saturated heterocycles. The molecule has 1 aliphatic heterocycles. The summed E-state index contributed by atoms with van der Waals surface area (Å²) >= 11 is 0. The number of hydrogen-bond donors (Lipinski definition) is 1. The van der Waals surface area contributed by atoms with Crippen LogP contribution in [0.3, 0.4) is 0 Å². The van der Waals surface area contributed by atoms with Crippen LogP contribution in [0.2, 0.25) is 0 Å². The Morgan fingerprint density at radius 2 is 1.59 bits per heavy atom. The van der Waals surface area contributed by atoms with Crippen LogP contribution < -0.4 is 19.5 Å². The Hall–Kier alpha value is -2.78. The molecule has 0 aromatic heterocycles. The Morgan fingerprint density at radius 1 is 0.966 bits per heavy atom. The quantitative estimate of drug-likeness (QED) is 0.771. The molecule has 0 unspecified atom stereocenters. The van der Waals surface area contributed by atoms with Crippen molar-refractivity contribution in [1.29, 1.82) is 0 Å². The SMILES string of the molecule is COc1cc2c(cc1OC)CN(S(=O)(=O)c1cc(NC(C)=O)ccc1OC)CC2. The van der Waals surface area contributed by atoms with Crippen LogP contribution in [-0.4, -0.2) is 46.5 Å². The van der Waals surface area contributed by atoms with Crippen molar-refractivity contribution in [3.8, 4) is 17.2 Å². The molecule has 2 aromatic carbocycles. The van der Waals surface area contributed by atoms with E-state index in [-0.39, 0.29) is 23.1 Å². The van der Waals surface area contributed by atoms with Gasteiger partial charge in [-0.25, -0.2) is 8.42 Å². The predicted octanol–water partition coefficient (Wildman–Crippen LogP) is 2.42. The van der Waals surface area contributed by atoms with Crippen molar-refractivity contribution in [1.82, 2.24) is 4.31 Å². The van der Waals surface area contributed by atoms with E-state index >= 15 is 0 Å². The summed E-state index contributed by atoms with van der Waals surface area (Å²) in [7, 11) is 0.665. The maximum atomic E-state index is 13.4. The lowest BCUT2D eigenvalue weighted by Gasteiger charge is -2.29. The van der Waals surface area contributed by atoms with Crippen LogP contribution in [0.25, 0.3) is 0 Å². The van der Waals surface area contributed by atoms with Crippen LogP contribution in [0, 0.1) is 0 Å². The highest BCUT2D eigenvalue weighted by atomic mass is 32.2. The highest BCUT2D eigenvalue weighted by molar-refractivity contribution is 7.89. The number of anilines is 1. The van der Waals surface area contributed by atoms with Crippen LogP contribution >= 0.6 is 0 Å². The van der Waals surface area contributed by atoms with E-state index in [0.717, 1.165) is 11.1 Å². The topological polar surface area (TPSA) is 94.2 Å². The molecule has 1 N–H and O–H groups in total. The standard InChI is InChI=1S/C20H24N2O6S/c1-13(23)21-16-5-6-17(26-2)20(11-16)29(24,25)22-8-7-14-9-18(27-3)19(28-4)10-15(14)12-22/h5-6,9-11H,7-8,12H2,1-4H3,(H,21,23). The van der Waals surface area contributed by atoms with Crippen molar-refractivity contribution in [2.45, 2.75) is 24.8 Å². The van der Waals surface area contributed by atoms with Crippen molar-refractivity contribution >= 4 is 21.6 Å². The molecule has 0 atom stereocenters. The number of carbonyl (C=O) groups is 1. The van der Waals surface area contributed by atoms with Crippen LogP contribution in [0.5, 0.6) is 17.2 Å². The number of ether oxygens (including phenoxy) is 3. The smallest absolute Gasteiger partial charge is 0.247 e. The number of nitrogens with one attached hydrogen (secondary N) is 1. The maximum Gasteiger partial charge on any atom is 0.247 e. The van der Waals surface area contributed by atoms with E-state index in [1.807, 2.05) is 6.07 Å². The average Bonchev–Trinajstić information content (AvgIpc) is 2.71. The zero-order valence-electron chi connectivity index (χ0n) is 16.8. The summed E-state index contributed by atoms with van der Waals surface area (Å²) in [6.07, 6.45) is 0.544. The lowest BCUT2D eigenvalue weighted by Crippen LogP contribution is -2.36. The summed E-state index contributed by atoms with van der Waals surface area (Å²) < 4.78 is 44.1. The molecule has 0 spiro atoms. The minimum atomic E-state index is -3.86. The van der Waals surface area contributed by atoms with Crippen molar-refractivity contribution in [3.63, 3.8) is 0 Å². The van der Waals surface area contributed by atoms with Gasteiger partial charge in [-0.3, -0.25) is 4.79 Å². The monoisotopic (exact) mass is 420 g/mol. The molecule has 9 heteroatoms. The van der Waals surface area contributed by atoms with Gasteiger partial charge in [0.05, 0.1) is 21.3 Å². The summed E-state index contributed by atoms with van der Waals surface area (Å²) in [5.74, 6) is 1.10. The van der Waals surface area contributed by atoms with E-state index in [4.69, 9.17) is 14.2 Å². The van der Waals surface area contributed by atoms with Gasteiger partial charge in [0.1, 0.15) is 10.6 Å². The first-order valence-corrected chi connectivity index (χ1v) is 10.4. The molecule has 156 valence electrons. The third kappa shape index (κ3) is 4.15. The lowest BCUT2D eigenvalue weighted by atomic mass is 10.0. The van der Waals surface area contributed by atoms with Gasteiger partial charge in [0.25, 0.3) is 0 Å². The van der Waals surface area contributed by atoms with E-state index in [9.17, 15) is 13.2 Å². The van der Waals surface area contributed by atoms with Crippen molar-refractivity contribution < 1.29 is 27.4 Å². The number of hydrogen-bond acceptors (Lipinski definition) is 6. The molecule has 3 rings (SSSR count). The molecule has 29 heavy (non-hydrogen) atoms. The molecule has 1 heterocycles. The molecule has 1 amide bonds. The minimum Gasteiger partial charge on any atom is -0.495 e. The van der Waals surface area contributed by atoms with Crippen LogP contribution in [0.1, 0.15) is 18.1 Å². The second kappa shape index (κ2) is 8.30. The highest BCUT2D eigenvalue weighted by Gasteiger charge is 2.32. The molecule has 0 bridgehead atoms. The number of carbonyl (C=O) groups excluding carboxylic acids is 1. The number of nitrogens with zero attached hydrogens (tertiary/aromatic N) is 1. The predicted molar refractivity (Wildman–Crippen MR) is 108 cm³/mol. The number of fused-ring (bicyclic) bond motifs is 1. The third-order valence-corrected chi connectivity index (χ3v) is 6.65. The Kier molecular flexibility index (Phi) is 5.99. The molecule has 0 radical (unpaired) electrons. The van der Waals surface area contributed by atoms with Crippen molar-refractivity contribution in [2.24, 2.45) is 0 Å². The molecule has 0 saturated carbocycles. The van der Waals surface area contributed by atoms with Gasteiger partial charge in [0.2, 0.25) is 15.9 Å². The number of rotatable bonds is 6. The van der Waals surface area contributed by atoms with E-state index in [2.05, 4.69) is 5.32 Å².